The van der Waals surface area contributed by atoms with Gasteiger partial charge in [-0.25, -0.2) is 0 Å². The van der Waals surface area contributed by atoms with Crippen LogP contribution in [0.15, 0.2) is 24.3 Å². The predicted octanol–water partition coefficient (Wildman–Crippen LogP) is 1.60. The fourth-order valence-corrected chi connectivity index (χ4v) is 1.68. The first kappa shape index (κ1) is 13.0. The van der Waals surface area contributed by atoms with Gasteiger partial charge < -0.3 is 15.2 Å². The third-order valence-electron chi connectivity index (χ3n) is 2.67. The summed E-state index contributed by atoms with van der Waals surface area (Å²) in [5, 5.41) is 13.0. The van der Waals surface area contributed by atoms with Gasteiger partial charge in [-0.1, -0.05) is 12.1 Å². The van der Waals surface area contributed by atoms with Crippen molar-refractivity contribution in [2.75, 3.05) is 20.7 Å². The molecular weight excluding hydrogens is 202 g/mol. The molecule has 0 saturated carbocycles. The zero-order valence-corrected chi connectivity index (χ0v) is 10.3. The lowest BCUT2D eigenvalue weighted by Crippen LogP contribution is -2.36. The molecule has 0 amide bonds. The molecule has 0 aliphatic carbocycles. The monoisotopic (exact) mass is 223 g/mol. The zero-order valence-electron chi connectivity index (χ0n) is 10.3. The van der Waals surface area contributed by atoms with Gasteiger partial charge in [0.1, 0.15) is 5.75 Å². The maximum Gasteiger partial charge on any atom is 0.118 e. The van der Waals surface area contributed by atoms with Crippen LogP contribution in [0, 0.1) is 0 Å². The Labute approximate surface area is 97.4 Å². The average Bonchev–Trinajstić information content (AvgIpc) is 2.27. The number of aliphatic hydroxyl groups is 1. The Morgan fingerprint density at radius 2 is 1.94 bits per heavy atom. The van der Waals surface area contributed by atoms with Crippen LogP contribution in [0.1, 0.15) is 18.9 Å². The van der Waals surface area contributed by atoms with Crippen molar-refractivity contribution in [1.29, 1.82) is 0 Å². The fraction of sp³-hybridized carbons (Fsp3) is 0.538. The number of ether oxygens (including phenoxy) is 1. The van der Waals surface area contributed by atoms with Gasteiger partial charge in [-0.3, -0.25) is 0 Å². The third-order valence-corrected chi connectivity index (χ3v) is 2.67. The minimum atomic E-state index is -0.644. The van der Waals surface area contributed by atoms with E-state index < -0.39 is 5.60 Å². The summed E-state index contributed by atoms with van der Waals surface area (Å²) in [6.07, 6.45) is 1.62. The zero-order chi connectivity index (χ0) is 12.0. The molecule has 0 fully saturated rings. The van der Waals surface area contributed by atoms with Gasteiger partial charge in [0.05, 0.1) is 12.7 Å². The fourth-order valence-electron chi connectivity index (χ4n) is 1.68. The molecule has 3 heteroatoms. The van der Waals surface area contributed by atoms with Crippen LogP contribution in [0.3, 0.4) is 0 Å². The minimum absolute atomic E-state index is 0.614. The van der Waals surface area contributed by atoms with Crippen LogP contribution < -0.4 is 10.1 Å². The van der Waals surface area contributed by atoms with Crippen LogP contribution in [-0.2, 0) is 6.42 Å². The lowest BCUT2D eigenvalue weighted by Gasteiger charge is -2.22. The molecule has 0 aromatic heterocycles. The van der Waals surface area contributed by atoms with Crippen molar-refractivity contribution in [3.63, 3.8) is 0 Å². The Hall–Kier alpha value is -1.06. The highest BCUT2D eigenvalue weighted by Gasteiger charge is 2.18. The number of hydrogen-bond donors (Lipinski definition) is 2. The summed E-state index contributed by atoms with van der Waals surface area (Å²) in [4.78, 5) is 0. The molecular formula is C13H21NO2. The number of nitrogens with one attached hydrogen (secondary N) is 1. The molecule has 1 aromatic rings. The van der Waals surface area contributed by atoms with E-state index in [1.54, 1.807) is 7.11 Å². The van der Waals surface area contributed by atoms with Crippen molar-refractivity contribution in [1.82, 2.24) is 5.32 Å². The van der Waals surface area contributed by atoms with E-state index in [1.165, 1.54) is 5.56 Å². The van der Waals surface area contributed by atoms with Crippen molar-refractivity contribution in [3.8, 4) is 5.75 Å². The molecule has 3 nitrogen and oxygen atoms in total. The average molecular weight is 223 g/mol. The van der Waals surface area contributed by atoms with E-state index >= 15 is 0 Å². The van der Waals surface area contributed by atoms with Gasteiger partial charge in [-0.2, -0.15) is 0 Å². The van der Waals surface area contributed by atoms with Crippen LogP contribution >= 0.6 is 0 Å². The van der Waals surface area contributed by atoms with Crippen LogP contribution in [0.4, 0.5) is 0 Å². The summed E-state index contributed by atoms with van der Waals surface area (Å²) < 4.78 is 5.09. The van der Waals surface area contributed by atoms with Gasteiger partial charge in [-0.15, -0.1) is 0 Å². The molecule has 1 unspecified atom stereocenters. The van der Waals surface area contributed by atoms with Crippen LogP contribution in [0.5, 0.6) is 5.75 Å². The van der Waals surface area contributed by atoms with E-state index in [4.69, 9.17) is 4.74 Å². The van der Waals surface area contributed by atoms with Crippen molar-refractivity contribution in [2.45, 2.75) is 25.4 Å². The molecule has 1 rings (SSSR count). The quantitative estimate of drug-likeness (QED) is 0.769. The third kappa shape index (κ3) is 4.21. The van der Waals surface area contributed by atoms with Gasteiger partial charge in [0, 0.05) is 6.54 Å². The Kier molecular flexibility index (Phi) is 4.77. The highest BCUT2D eigenvalue weighted by molar-refractivity contribution is 5.27. The van der Waals surface area contributed by atoms with Crippen molar-refractivity contribution >= 4 is 0 Å². The molecule has 0 spiro atoms. The van der Waals surface area contributed by atoms with Crippen LogP contribution in [0.25, 0.3) is 0 Å². The number of benzene rings is 1. The number of rotatable bonds is 6. The summed E-state index contributed by atoms with van der Waals surface area (Å²) in [6, 6.07) is 7.97. The van der Waals surface area contributed by atoms with Crippen molar-refractivity contribution in [3.05, 3.63) is 29.8 Å². The summed E-state index contributed by atoms with van der Waals surface area (Å²) in [7, 11) is 3.51. The lowest BCUT2D eigenvalue weighted by atomic mass is 9.97. The van der Waals surface area contributed by atoms with E-state index in [-0.39, 0.29) is 0 Å². The molecule has 90 valence electrons. The molecule has 0 aliphatic heterocycles. The van der Waals surface area contributed by atoms with E-state index in [9.17, 15) is 5.11 Å². The molecule has 0 bridgehead atoms. The standard InChI is InChI=1S/C13H21NO2/c1-13(15,10-14-2)9-8-11-4-6-12(16-3)7-5-11/h4-7,14-15H,8-10H2,1-3H3. The van der Waals surface area contributed by atoms with E-state index in [2.05, 4.69) is 5.32 Å². The Morgan fingerprint density at radius 1 is 1.31 bits per heavy atom. The molecule has 0 saturated heterocycles. The first-order valence-corrected chi connectivity index (χ1v) is 5.57. The molecule has 0 radical (unpaired) electrons. The van der Waals surface area contributed by atoms with Gasteiger partial charge in [0.2, 0.25) is 0 Å². The smallest absolute Gasteiger partial charge is 0.118 e. The van der Waals surface area contributed by atoms with E-state index in [0.717, 1.165) is 18.6 Å². The summed E-state index contributed by atoms with van der Waals surface area (Å²) in [5.41, 5.74) is 0.575. The molecule has 0 aliphatic rings. The van der Waals surface area contributed by atoms with E-state index in [1.807, 2.05) is 38.2 Å². The first-order chi connectivity index (χ1) is 7.57. The molecule has 1 atom stereocenters. The van der Waals surface area contributed by atoms with Gasteiger partial charge in [-0.05, 0) is 44.5 Å². The Balaban J connectivity index is 2.48. The van der Waals surface area contributed by atoms with Gasteiger partial charge >= 0.3 is 0 Å². The largest absolute Gasteiger partial charge is 0.497 e. The molecule has 0 heterocycles. The Morgan fingerprint density at radius 3 is 2.44 bits per heavy atom. The number of hydrogen-bond acceptors (Lipinski definition) is 3. The predicted molar refractivity (Wildman–Crippen MR) is 65.9 cm³/mol. The summed E-state index contributed by atoms with van der Waals surface area (Å²) >= 11 is 0. The van der Waals surface area contributed by atoms with Crippen molar-refractivity contribution in [2.24, 2.45) is 0 Å². The van der Waals surface area contributed by atoms with Gasteiger partial charge in [0.25, 0.3) is 0 Å². The molecule has 1 aromatic carbocycles. The molecule has 16 heavy (non-hydrogen) atoms. The molecule has 2 N–H and O–H groups in total. The first-order valence-electron chi connectivity index (χ1n) is 5.57. The second-order valence-corrected chi connectivity index (χ2v) is 4.38. The SMILES string of the molecule is CNCC(C)(O)CCc1ccc(OC)cc1. The normalized spacial score (nSPS) is 14.5. The Bertz CT molecular complexity index is 306. The number of likely N-dealkylation sites (N-methyl/N-ethyl adjacent to an activating group) is 1. The highest BCUT2D eigenvalue weighted by atomic mass is 16.5. The van der Waals surface area contributed by atoms with Gasteiger partial charge in [0.15, 0.2) is 0 Å². The maximum absolute atomic E-state index is 9.99. The van der Waals surface area contributed by atoms with Crippen LogP contribution in [0.2, 0.25) is 0 Å². The number of aryl methyl sites for hydroxylation is 1. The van der Waals surface area contributed by atoms with Crippen molar-refractivity contribution < 1.29 is 9.84 Å². The maximum atomic E-state index is 9.99. The summed E-state index contributed by atoms with van der Waals surface area (Å²) in [6.45, 7) is 2.47. The van der Waals surface area contributed by atoms with Crippen LogP contribution in [-0.4, -0.2) is 31.4 Å². The second kappa shape index (κ2) is 5.87. The lowest BCUT2D eigenvalue weighted by molar-refractivity contribution is 0.0531. The van der Waals surface area contributed by atoms with E-state index in [0.29, 0.717) is 6.54 Å². The topological polar surface area (TPSA) is 41.5 Å². The second-order valence-electron chi connectivity index (χ2n) is 4.38. The highest BCUT2D eigenvalue weighted by Crippen LogP contribution is 2.16. The number of methoxy groups -OCH3 is 1. The minimum Gasteiger partial charge on any atom is -0.497 e. The summed E-state index contributed by atoms with van der Waals surface area (Å²) in [5.74, 6) is 0.866.